The van der Waals surface area contributed by atoms with Gasteiger partial charge in [-0.05, 0) is 48.9 Å². The van der Waals surface area contributed by atoms with E-state index in [1.54, 1.807) is 12.4 Å². The molecule has 4 rings (SSSR count). The van der Waals surface area contributed by atoms with E-state index in [0.717, 1.165) is 47.3 Å². The molecule has 0 fully saturated rings. The molecule has 0 amide bonds. The van der Waals surface area contributed by atoms with Gasteiger partial charge in [-0.15, -0.1) is 0 Å². The summed E-state index contributed by atoms with van der Waals surface area (Å²) >= 11 is 0. The molecule has 2 aromatic heterocycles. The van der Waals surface area contributed by atoms with Crippen LogP contribution in [0.3, 0.4) is 0 Å². The monoisotopic (exact) mass is 359 g/mol. The van der Waals surface area contributed by atoms with Crippen molar-refractivity contribution < 1.29 is 4.79 Å². The predicted octanol–water partition coefficient (Wildman–Crippen LogP) is 5.32. The van der Waals surface area contributed by atoms with Crippen LogP contribution < -0.4 is 5.32 Å². The number of hydrogen-bond acceptors (Lipinski definition) is 3. The van der Waals surface area contributed by atoms with Crippen molar-refractivity contribution in [3.05, 3.63) is 66.1 Å². The van der Waals surface area contributed by atoms with Crippen LogP contribution in [0, 0.1) is 11.8 Å². The minimum atomic E-state index is -0.0841. The lowest BCUT2D eigenvalue weighted by molar-refractivity contribution is -0.109. The fraction of sp³-hybridized carbons (Fsp3) is 0.304. The fourth-order valence-corrected chi connectivity index (χ4v) is 4.09. The Morgan fingerprint density at radius 2 is 1.89 bits per heavy atom. The molecular weight excluding hydrogens is 334 g/mol. The van der Waals surface area contributed by atoms with Crippen LogP contribution in [0.4, 0.5) is 11.4 Å². The maximum Gasteiger partial charge on any atom is 0.127 e. The molecule has 0 saturated carbocycles. The molecule has 0 radical (unpaired) electrons. The van der Waals surface area contributed by atoms with Crippen molar-refractivity contribution in [1.82, 2.24) is 9.97 Å². The number of rotatable bonds is 5. The Labute approximate surface area is 160 Å². The number of hydrogen-bond donors (Lipinski definition) is 2. The number of para-hydroxylation sites is 1. The Balaban J connectivity index is 1.86. The van der Waals surface area contributed by atoms with Gasteiger partial charge >= 0.3 is 0 Å². The second-order valence-corrected chi connectivity index (χ2v) is 7.68. The van der Waals surface area contributed by atoms with Gasteiger partial charge in [0.25, 0.3) is 0 Å². The summed E-state index contributed by atoms with van der Waals surface area (Å²) in [5.41, 5.74) is 6.44. The molecule has 2 atom stereocenters. The number of aromatic nitrogens is 2. The summed E-state index contributed by atoms with van der Waals surface area (Å²) in [6.07, 6.45) is 6.61. The van der Waals surface area contributed by atoms with E-state index >= 15 is 0 Å². The molecule has 1 aliphatic rings. The quantitative estimate of drug-likeness (QED) is 0.606. The molecule has 2 heterocycles. The van der Waals surface area contributed by atoms with Crippen molar-refractivity contribution in [2.24, 2.45) is 11.8 Å². The second-order valence-electron chi connectivity index (χ2n) is 7.68. The number of nitrogens with zero attached hydrogens (tertiary/aromatic N) is 1. The summed E-state index contributed by atoms with van der Waals surface area (Å²) in [7, 11) is 0. The Hall–Kier alpha value is -2.88. The zero-order valence-corrected chi connectivity index (χ0v) is 15.8. The largest absolute Gasteiger partial charge is 0.356 e. The van der Waals surface area contributed by atoms with Crippen LogP contribution in [-0.2, 0) is 11.2 Å². The van der Waals surface area contributed by atoms with Crippen molar-refractivity contribution in [3.63, 3.8) is 0 Å². The number of H-pyrrole nitrogens is 1. The maximum atomic E-state index is 12.0. The van der Waals surface area contributed by atoms with Crippen LogP contribution >= 0.6 is 0 Å². The smallest absolute Gasteiger partial charge is 0.127 e. The average molecular weight is 359 g/mol. The van der Waals surface area contributed by atoms with E-state index in [2.05, 4.69) is 29.1 Å². The Bertz CT molecular complexity index is 916. The second kappa shape index (κ2) is 7.39. The van der Waals surface area contributed by atoms with E-state index in [1.165, 1.54) is 5.69 Å². The van der Waals surface area contributed by atoms with Crippen molar-refractivity contribution in [3.8, 4) is 11.3 Å². The van der Waals surface area contributed by atoms with E-state index in [0.29, 0.717) is 11.8 Å². The third-order valence-corrected chi connectivity index (χ3v) is 5.63. The van der Waals surface area contributed by atoms with Crippen LogP contribution in [0.25, 0.3) is 11.3 Å². The lowest BCUT2D eigenvalue weighted by Crippen LogP contribution is -2.23. The van der Waals surface area contributed by atoms with Gasteiger partial charge in [0, 0.05) is 40.8 Å². The number of nitrogens with one attached hydrogen (secondary N) is 2. The fourth-order valence-electron chi connectivity index (χ4n) is 4.09. The summed E-state index contributed by atoms with van der Waals surface area (Å²) in [5, 5.41) is 3.58. The number of carbonyl (C=O) groups is 1. The van der Waals surface area contributed by atoms with Crippen molar-refractivity contribution in [1.29, 1.82) is 0 Å². The van der Waals surface area contributed by atoms with E-state index < -0.39 is 0 Å². The molecule has 0 saturated heterocycles. The molecule has 1 aliphatic carbocycles. The standard InChI is InChI=1S/C23H25N3O/c1-15(2)17-12-18(14-27)21-20(13-17)26-22(16-8-10-24-11-9-16)23(21)25-19-6-4-3-5-7-19/h3-11,14-15,17-18,25-26H,12-13H2,1-2H3. The first-order valence-electron chi connectivity index (χ1n) is 9.60. The third-order valence-electron chi connectivity index (χ3n) is 5.63. The molecule has 4 nitrogen and oxygen atoms in total. The van der Waals surface area contributed by atoms with Gasteiger partial charge in [-0.1, -0.05) is 32.0 Å². The predicted molar refractivity (Wildman–Crippen MR) is 109 cm³/mol. The number of benzene rings is 1. The van der Waals surface area contributed by atoms with Crippen LogP contribution in [0.1, 0.15) is 37.4 Å². The maximum absolute atomic E-state index is 12.0. The third kappa shape index (κ3) is 3.39. The summed E-state index contributed by atoms with van der Waals surface area (Å²) < 4.78 is 0. The van der Waals surface area contributed by atoms with Gasteiger partial charge in [-0.2, -0.15) is 0 Å². The molecule has 0 bridgehead atoms. The van der Waals surface area contributed by atoms with Gasteiger partial charge in [0.2, 0.25) is 0 Å². The first kappa shape index (κ1) is 17.5. The van der Waals surface area contributed by atoms with Gasteiger partial charge in [-0.3, -0.25) is 4.98 Å². The molecule has 1 aromatic carbocycles. The Morgan fingerprint density at radius 3 is 2.56 bits per heavy atom. The van der Waals surface area contributed by atoms with E-state index in [9.17, 15) is 4.79 Å². The van der Waals surface area contributed by atoms with Gasteiger partial charge < -0.3 is 15.1 Å². The van der Waals surface area contributed by atoms with Crippen LogP contribution in [0.2, 0.25) is 0 Å². The van der Waals surface area contributed by atoms with E-state index in [1.807, 2.05) is 42.5 Å². The molecule has 138 valence electrons. The van der Waals surface area contributed by atoms with Gasteiger partial charge in [0.05, 0.1) is 11.4 Å². The average Bonchev–Trinajstić information content (AvgIpc) is 3.07. The number of anilines is 2. The van der Waals surface area contributed by atoms with Crippen molar-refractivity contribution in [2.45, 2.75) is 32.6 Å². The minimum absolute atomic E-state index is 0.0841. The normalized spacial score (nSPS) is 18.9. The molecule has 4 heteroatoms. The lowest BCUT2D eigenvalue weighted by atomic mass is 9.75. The SMILES string of the molecule is CC(C)C1Cc2[nH]c(-c3ccncc3)c(Nc3ccccc3)c2C(C=O)C1. The van der Waals surface area contributed by atoms with Crippen LogP contribution in [0.5, 0.6) is 0 Å². The molecule has 2 N–H and O–H groups in total. The summed E-state index contributed by atoms with van der Waals surface area (Å²) in [5.74, 6) is 0.985. The number of aldehydes is 1. The number of pyridine rings is 1. The highest BCUT2D eigenvalue weighted by Crippen LogP contribution is 2.45. The summed E-state index contributed by atoms with van der Waals surface area (Å²) in [4.78, 5) is 19.8. The highest BCUT2D eigenvalue weighted by molar-refractivity contribution is 5.86. The molecule has 27 heavy (non-hydrogen) atoms. The molecule has 0 spiro atoms. The lowest BCUT2D eigenvalue weighted by Gasteiger charge is -2.30. The molecular formula is C23H25N3O. The van der Waals surface area contributed by atoms with Crippen LogP contribution in [-0.4, -0.2) is 16.3 Å². The minimum Gasteiger partial charge on any atom is -0.356 e. The zero-order chi connectivity index (χ0) is 18.8. The van der Waals surface area contributed by atoms with Gasteiger partial charge in [0.1, 0.15) is 6.29 Å². The Kier molecular flexibility index (Phi) is 4.80. The van der Waals surface area contributed by atoms with Crippen LogP contribution in [0.15, 0.2) is 54.9 Å². The molecule has 3 aromatic rings. The summed E-state index contributed by atoms with van der Waals surface area (Å²) in [6, 6.07) is 14.1. The van der Waals surface area contributed by atoms with Gasteiger partial charge in [-0.25, -0.2) is 0 Å². The summed E-state index contributed by atoms with van der Waals surface area (Å²) in [6.45, 7) is 4.49. The zero-order valence-electron chi connectivity index (χ0n) is 15.8. The van der Waals surface area contributed by atoms with E-state index in [-0.39, 0.29) is 5.92 Å². The topological polar surface area (TPSA) is 57.8 Å². The Morgan fingerprint density at radius 1 is 1.15 bits per heavy atom. The first-order chi connectivity index (χ1) is 13.2. The number of carbonyl (C=O) groups excluding carboxylic acids is 1. The molecule has 0 aliphatic heterocycles. The van der Waals surface area contributed by atoms with Crippen molar-refractivity contribution >= 4 is 17.7 Å². The van der Waals surface area contributed by atoms with E-state index in [4.69, 9.17) is 0 Å². The highest BCUT2D eigenvalue weighted by Gasteiger charge is 2.33. The first-order valence-corrected chi connectivity index (χ1v) is 9.60. The highest BCUT2D eigenvalue weighted by atomic mass is 16.1. The van der Waals surface area contributed by atoms with Crippen molar-refractivity contribution in [2.75, 3.05) is 5.32 Å². The number of aromatic amines is 1. The molecule has 2 unspecified atom stereocenters. The van der Waals surface area contributed by atoms with Gasteiger partial charge in [0.15, 0.2) is 0 Å². The number of fused-ring (bicyclic) bond motifs is 1.